The van der Waals surface area contributed by atoms with E-state index in [0.29, 0.717) is 18.4 Å². The molecular formula is C15H29NO2. The molecule has 0 aromatic heterocycles. The highest BCUT2D eigenvalue weighted by Gasteiger charge is 2.25. The first-order chi connectivity index (χ1) is 8.40. The summed E-state index contributed by atoms with van der Waals surface area (Å²) in [6, 6.07) is 0.667. The van der Waals surface area contributed by atoms with Crippen molar-refractivity contribution in [1.82, 2.24) is 5.32 Å². The van der Waals surface area contributed by atoms with E-state index in [1.54, 1.807) is 0 Å². The summed E-state index contributed by atoms with van der Waals surface area (Å²) >= 11 is 0. The van der Waals surface area contributed by atoms with Crippen molar-refractivity contribution >= 4 is 5.97 Å². The Morgan fingerprint density at radius 1 is 1.22 bits per heavy atom. The lowest BCUT2D eigenvalue weighted by molar-refractivity contribution is -0.156. The fourth-order valence-corrected chi connectivity index (χ4v) is 2.54. The topological polar surface area (TPSA) is 38.3 Å². The number of hydrogen-bond donors (Lipinski definition) is 1. The van der Waals surface area contributed by atoms with Gasteiger partial charge in [-0.3, -0.25) is 4.79 Å². The Hall–Kier alpha value is -0.570. The molecule has 0 atom stereocenters. The van der Waals surface area contributed by atoms with Gasteiger partial charge in [-0.1, -0.05) is 6.92 Å². The maximum absolute atomic E-state index is 11.7. The summed E-state index contributed by atoms with van der Waals surface area (Å²) in [5.74, 6) is 0.493. The van der Waals surface area contributed by atoms with E-state index in [-0.39, 0.29) is 11.6 Å². The third-order valence-corrected chi connectivity index (χ3v) is 3.41. The molecule has 3 nitrogen and oxygen atoms in total. The van der Waals surface area contributed by atoms with Gasteiger partial charge in [-0.25, -0.2) is 0 Å². The van der Waals surface area contributed by atoms with Crippen molar-refractivity contribution < 1.29 is 9.53 Å². The van der Waals surface area contributed by atoms with Crippen LogP contribution in [0.2, 0.25) is 0 Å². The van der Waals surface area contributed by atoms with Crippen LogP contribution in [0.25, 0.3) is 0 Å². The van der Waals surface area contributed by atoms with E-state index < -0.39 is 0 Å². The normalized spacial score (nSPS) is 24.9. The van der Waals surface area contributed by atoms with E-state index in [1.165, 1.54) is 19.3 Å². The van der Waals surface area contributed by atoms with Crippen molar-refractivity contribution in [2.45, 2.75) is 77.9 Å². The smallest absolute Gasteiger partial charge is 0.306 e. The van der Waals surface area contributed by atoms with Crippen LogP contribution in [0, 0.1) is 5.92 Å². The molecule has 1 N–H and O–H groups in total. The predicted molar refractivity (Wildman–Crippen MR) is 74.5 cm³/mol. The lowest BCUT2D eigenvalue weighted by Gasteiger charge is -2.29. The Morgan fingerprint density at radius 3 is 2.33 bits per heavy atom. The highest BCUT2D eigenvalue weighted by molar-refractivity contribution is 5.70. The van der Waals surface area contributed by atoms with Crippen molar-refractivity contribution in [2.24, 2.45) is 5.92 Å². The number of carbonyl (C=O) groups is 1. The molecule has 0 amide bonds. The average Bonchev–Trinajstić information content (AvgIpc) is 2.25. The van der Waals surface area contributed by atoms with Crippen molar-refractivity contribution in [1.29, 1.82) is 0 Å². The minimum Gasteiger partial charge on any atom is -0.460 e. The fourth-order valence-electron chi connectivity index (χ4n) is 2.54. The third kappa shape index (κ3) is 6.39. The van der Waals surface area contributed by atoms with E-state index in [9.17, 15) is 4.79 Å². The third-order valence-electron chi connectivity index (χ3n) is 3.41. The molecule has 1 saturated carbocycles. The summed E-state index contributed by atoms with van der Waals surface area (Å²) in [5.41, 5.74) is -0.350. The molecule has 0 heterocycles. The van der Waals surface area contributed by atoms with E-state index in [2.05, 4.69) is 12.2 Å². The van der Waals surface area contributed by atoms with E-state index in [1.807, 2.05) is 20.8 Å². The Morgan fingerprint density at radius 2 is 1.83 bits per heavy atom. The van der Waals surface area contributed by atoms with Gasteiger partial charge in [0.1, 0.15) is 5.60 Å². The van der Waals surface area contributed by atoms with Crippen molar-refractivity contribution in [3.63, 3.8) is 0 Å². The van der Waals surface area contributed by atoms with Crippen LogP contribution >= 0.6 is 0 Å². The zero-order chi connectivity index (χ0) is 13.6. The zero-order valence-electron chi connectivity index (χ0n) is 12.4. The molecule has 1 aliphatic carbocycles. The molecule has 1 aliphatic rings. The van der Waals surface area contributed by atoms with Crippen LogP contribution in [-0.2, 0) is 9.53 Å². The fraction of sp³-hybridized carbons (Fsp3) is 0.933. The van der Waals surface area contributed by atoms with E-state index in [0.717, 1.165) is 19.4 Å². The molecule has 0 aliphatic heterocycles. The molecule has 1 fully saturated rings. The largest absolute Gasteiger partial charge is 0.460 e. The molecule has 0 aromatic rings. The summed E-state index contributed by atoms with van der Waals surface area (Å²) in [6.07, 6.45) is 6.50. The van der Waals surface area contributed by atoms with Gasteiger partial charge in [0.2, 0.25) is 0 Å². The first-order valence-electron chi connectivity index (χ1n) is 7.36. The second kappa shape index (κ2) is 7.13. The monoisotopic (exact) mass is 255 g/mol. The van der Waals surface area contributed by atoms with Gasteiger partial charge in [0.25, 0.3) is 0 Å². The molecule has 1 rings (SSSR count). The second-order valence-corrected chi connectivity index (χ2v) is 6.46. The highest BCUT2D eigenvalue weighted by atomic mass is 16.6. The Bertz CT molecular complexity index is 250. The predicted octanol–water partition coefficient (Wildman–Crippen LogP) is 3.28. The molecular weight excluding hydrogens is 226 g/mol. The number of nitrogens with one attached hydrogen (secondary N) is 1. The summed E-state index contributed by atoms with van der Waals surface area (Å²) < 4.78 is 5.38. The van der Waals surface area contributed by atoms with Crippen molar-refractivity contribution in [2.75, 3.05) is 6.54 Å². The number of hydrogen-bond acceptors (Lipinski definition) is 3. The minimum absolute atomic E-state index is 0.0348. The minimum atomic E-state index is -0.350. The maximum Gasteiger partial charge on any atom is 0.306 e. The Kier molecular flexibility index (Phi) is 6.13. The molecule has 0 unspecified atom stereocenters. The van der Waals surface area contributed by atoms with Gasteiger partial charge in [-0.15, -0.1) is 0 Å². The van der Waals surface area contributed by atoms with Gasteiger partial charge in [-0.2, -0.15) is 0 Å². The van der Waals surface area contributed by atoms with Crippen LogP contribution in [0.15, 0.2) is 0 Å². The van der Waals surface area contributed by atoms with Gasteiger partial charge >= 0.3 is 5.97 Å². The van der Waals surface area contributed by atoms with Gasteiger partial charge in [0.05, 0.1) is 0 Å². The number of ether oxygens (including phenoxy) is 1. The molecule has 0 radical (unpaired) electrons. The number of rotatable bonds is 5. The Labute approximate surface area is 112 Å². The van der Waals surface area contributed by atoms with Gasteiger partial charge < -0.3 is 10.1 Å². The summed E-state index contributed by atoms with van der Waals surface area (Å²) in [6.45, 7) is 9.09. The number of esters is 1. The second-order valence-electron chi connectivity index (χ2n) is 6.46. The molecule has 3 heteroatoms. The van der Waals surface area contributed by atoms with Crippen LogP contribution in [0.5, 0.6) is 0 Å². The summed E-state index contributed by atoms with van der Waals surface area (Å²) in [7, 11) is 0. The van der Waals surface area contributed by atoms with Crippen molar-refractivity contribution in [3.05, 3.63) is 0 Å². The standard InChI is InChI=1S/C15H29NO2/c1-5-10-16-13-8-6-12(7-9-13)11-14(17)18-15(2,3)4/h12-13,16H,5-11H2,1-4H3. The zero-order valence-corrected chi connectivity index (χ0v) is 12.4. The van der Waals surface area contributed by atoms with Crippen LogP contribution in [0.1, 0.15) is 66.2 Å². The lowest BCUT2D eigenvalue weighted by atomic mass is 9.84. The summed E-state index contributed by atoms with van der Waals surface area (Å²) in [5, 5.41) is 3.57. The average molecular weight is 255 g/mol. The lowest BCUT2D eigenvalue weighted by Crippen LogP contribution is -2.34. The molecule has 0 bridgehead atoms. The van der Waals surface area contributed by atoms with E-state index in [4.69, 9.17) is 4.74 Å². The van der Waals surface area contributed by atoms with Crippen LogP contribution < -0.4 is 5.32 Å². The maximum atomic E-state index is 11.7. The van der Waals surface area contributed by atoms with E-state index >= 15 is 0 Å². The molecule has 0 spiro atoms. The number of carbonyl (C=O) groups excluding carboxylic acids is 1. The molecule has 0 aromatic carbocycles. The molecule has 106 valence electrons. The summed E-state index contributed by atoms with van der Waals surface area (Å²) in [4.78, 5) is 11.7. The SMILES string of the molecule is CCCNC1CCC(CC(=O)OC(C)(C)C)CC1. The highest BCUT2D eigenvalue weighted by Crippen LogP contribution is 2.27. The quantitative estimate of drug-likeness (QED) is 0.766. The van der Waals surface area contributed by atoms with Crippen molar-refractivity contribution in [3.8, 4) is 0 Å². The Balaban J connectivity index is 2.21. The molecule has 0 saturated heterocycles. The van der Waals surface area contributed by atoms with Crippen LogP contribution in [0.4, 0.5) is 0 Å². The van der Waals surface area contributed by atoms with Crippen LogP contribution in [-0.4, -0.2) is 24.2 Å². The van der Waals surface area contributed by atoms with Crippen LogP contribution in [0.3, 0.4) is 0 Å². The van der Waals surface area contributed by atoms with Gasteiger partial charge in [-0.05, 0) is 65.3 Å². The van der Waals surface area contributed by atoms with Gasteiger partial charge in [0.15, 0.2) is 0 Å². The van der Waals surface area contributed by atoms with Gasteiger partial charge in [0, 0.05) is 12.5 Å². The molecule has 18 heavy (non-hydrogen) atoms. The first kappa shape index (κ1) is 15.5. The first-order valence-corrected chi connectivity index (χ1v) is 7.36.